The van der Waals surface area contributed by atoms with Gasteiger partial charge in [-0.1, -0.05) is 18.2 Å². The van der Waals surface area contributed by atoms with Crippen LogP contribution >= 0.6 is 11.3 Å². The summed E-state index contributed by atoms with van der Waals surface area (Å²) in [7, 11) is 0. The molecule has 0 bridgehead atoms. The number of thiophene rings is 1. The fourth-order valence-electron chi connectivity index (χ4n) is 2.17. The lowest BCUT2D eigenvalue weighted by Crippen LogP contribution is -2.30. The Kier molecular flexibility index (Phi) is 7.53. The van der Waals surface area contributed by atoms with E-state index in [1.807, 2.05) is 17.5 Å². The lowest BCUT2D eigenvalue weighted by molar-refractivity contribution is -0.153. The van der Waals surface area contributed by atoms with E-state index in [4.69, 9.17) is 4.74 Å². The fraction of sp³-hybridized carbons (Fsp3) is 0.333. The molecule has 2 aromatic rings. The van der Waals surface area contributed by atoms with Crippen LogP contribution in [0.3, 0.4) is 0 Å². The van der Waals surface area contributed by atoms with E-state index in [2.05, 4.69) is 10.1 Å². The van der Waals surface area contributed by atoms with Crippen LogP contribution in [0.25, 0.3) is 0 Å². The number of aryl methyl sites for hydroxylation is 1. The highest BCUT2D eigenvalue weighted by molar-refractivity contribution is 7.09. The van der Waals surface area contributed by atoms with Crippen LogP contribution in [0.2, 0.25) is 0 Å². The highest BCUT2D eigenvalue weighted by Crippen LogP contribution is 2.25. The minimum Gasteiger partial charge on any atom is -0.453 e. The summed E-state index contributed by atoms with van der Waals surface area (Å²) in [5, 5.41) is 4.39. The maximum absolute atomic E-state index is 12.4. The monoisotopic (exact) mass is 383 g/mol. The average molecular weight is 383 g/mol. The number of nitrogens with one attached hydrogen (secondary N) is 1. The molecule has 1 aromatic carbocycles. The van der Waals surface area contributed by atoms with Crippen molar-refractivity contribution < 1.29 is 27.8 Å². The van der Waals surface area contributed by atoms with Crippen LogP contribution in [0.1, 0.15) is 24.6 Å². The predicted molar refractivity (Wildman–Crippen MR) is 94.5 cm³/mol. The van der Waals surface area contributed by atoms with E-state index in [1.165, 1.54) is 30.0 Å². The van der Waals surface area contributed by atoms with Gasteiger partial charge in [-0.2, -0.15) is 8.78 Å². The Bertz CT molecular complexity index is 722. The molecular weight excluding hydrogens is 364 g/mol. The first-order valence-electron chi connectivity index (χ1n) is 8.02. The number of hydrogen-bond donors (Lipinski definition) is 1. The summed E-state index contributed by atoms with van der Waals surface area (Å²) < 4.78 is 34.2. The Labute approximate surface area is 153 Å². The van der Waals surface area contributed by atoms with Crippen LogP contribution in [0.15, 0.2) is 41.8 Å². The largest absolute Gasteiger partial charge is 0.453 e. The average Bonchev–Trinajstić information content (AvgIpc) is 3.09. The maximum atomic E-state index is 12.4. The number of para-hydroxylation sites is 2. The van der Waals surface area contributed by atoms with Gasteiger partial charge in [-0.05, 0) is 43.3 Å². The standard InChI is InChI=1S/C18H19F2NO4S/c1-12(24-16(22)10-4-6-13-7-5-11-26-13)17(23)21-14-8-2-3-9-15(14)25-18(19)20/h2-3,5,7-9,11-12,18H,4,6,10H2,1H3,(H,21,23)/t12-/m0/s1. The van der Waals surface area contributed by atoms with Crippen LogP contribution in [-0.4, -0.2) is 24.6 Å². The third-order valence-corrected chi connectivity index (χ3v) is 4.36. The van der Waals surface area contributed by atoms with Gasteiger partial charge in [-0.15, -0.1) is 11.3 Å². The lowest BCUT2D eigenvalue weighted by Gasteiger charge is -2.15. The van der Waals surface area contributed by atoms with Gasteiger partial charge in [0.05, 0.1) is 5.69 Å². The van der Waals surface area contributed by atoms with Gasteiger partial charge in [-0.25, -0.2) is 0 Å². The van der Waals surface area contributed by atoms with Crippen LogP contribution in [0, 0.1) is 0 Å². The van der Waals surface area contributed by atoms with Gasteiger partial charge in [0.15, 0.2) is 6.10 Å². The highest BCUT2D eigenvalue weighted by atomic mass is 32.1. The van der Waals surface area contributed by atoms with Crippen LogP contribution in [0.5, 0.6) is 5.75 Å². The number of carbonyl (C=O) groups is 2. The summed E-state index contributed by atoms with van der Waals surface area (Å²) in [4.78, 5) is 25.1. The molecular formula is C18H19F2NO4S. The fourth-order valence-corrected chi connectivity index (χ4v) is 2.93. The molecule has 1 N–H and O–H groups in total. The van der Waals surface area contributed by atoms with Crippen molar-refractivity contribution in [2.45, 2.75) is 38.9 Å². The van der Waals surface area contributed by atoms with Gasteiger partial charge in [0.2, 0.25) is 0 Å². The number of benzene rings is 1. The van der Waals surface area contributed by atoms with Crippen molar-refractivity contribution in [3.8, 4) is 5.75 Å². The molecule has 0 unspecified atom stereocenters. The Morgan fingerprint density at radius 2 is 1.96 bits per heavy atom. The lowest BCUT2D eigenvalue weighted by atomic mass is 10.2. The van der Waals surface area contributed by atoms with E-state index in [0.717, 1.165) is 6.42 Å². The quantitative estimate of drug-likeness (QED) is 0.658. The summed E-state index contributed by atoms with van der Waals surface area (Å²) in [6.45, 7) is -1.59. The van der Waals surface area contributed by atoms with Gasteiger partial charge in [0.1, 0.15) is 5.75 Å². The molecule has 0 aliphatic heterocycles. The van der Waals surface area contributed by atoms with E-state index < -0.39 is 24.6 Å². The van der Waals surface area contributed by atoms with Crippen molar-refractivity contribution in [1.29, 1.82) is 0 Å². The van der Waals surface area contributed by atoms with Crippen LogP contribution in [-0.2, 0) is 20.7 Å². The maximum Gasteiger partial charge on any atom is 0.387 e. The van der Waals surface area contributed by atoms with Crippen molar-refractivity contribution in [3.63, 3.8) is 0 Å². The smallest absolute Gasteiger partial charge is 0.387 e. The topological polar surface area (TPSA) is 64.6 Å². The second-order valence-corrected chi connectivity index (χ2v) is 6.46. The van der Waals surface area contributed by atoms with Gasteiger partial charge in [-0.3, -0.25) is 9.59 Å². The van der Waals surface area contributed by atoms with Crippen molar-refractivity contribution in [2.75, 3.05) is 5.32 Å². The molecule has 0 saturated heterocycles. The molecule has 1 atom stereocenters. The molecule has 26 heavy (non-hydrogen) atoms. The molecule has 0 aliphatic carbocycles. The number of hydrogen-bond acceptors (Lipinski definition) is 5. The van der Waals surface area contributed by atoms with Crippen LogP contribution in [0.4, 0.5) is 14.5 Å². The molecule has 5 nitrogen and oxygen atoms in total. The minimum absolute atomic E-state index is 0.0818. The third kappa shape index (κ3) is 6.44. The second kappa shape index (κ2) is 9.86. The Hall–Kier alpha value is -2.48. The number of carbonyl (C=O) groups excluding carboxylic acids is 2. The van der Waals surface area contributed by atoms with E-state index in [0.29, 0.717) is 6.42 Å². The minimum atomic E-state index is -3.01. The third-order valence-electron chi connectivity index (χ3n) is 3.42. The van der Waals surface area contributed by atoms with E-state index >= 15 is 0 Å². The molecule has 1 heterocycles. The van der Waals surface area contributed by atoms with Crippen LogP contribution < -0.4 is 10.1 Å². The number of anilines is 1. The number of alkyl halides is 2. The number of rotatable bonds is 9. The van der Waals surface area contributed by atoms with Gasteiger partial charge in [0, 0.05) is 11.3 Å². The summed E-state index contributed by atoms with van der Waals surface area (Å²) in [5.41, 5.74) is 0.0818. The molecule has 0 fully saturated rings. The molecule has 0 radical (unpaired) electrons. The van der Waals surface area contributed by atoms with E-state index in [1.54, 1.807) is 17.4 Å². The molecule has 1 amide bonds. The number of halogens is 2. The SMILES string of the molecule is C[C@H](OC(=O)CCCc1cccs1)C(=O)Nc1ccccc1OC(F)F. The Morgan fingerprint density at radius 3 is 2.65 bits per heavy atom. The normalized spacial score (nSPS) is 11.8. The summed E-state index contributed by atoms with van der Waals surface area (Å²) in [5.74, 6) is -1.27. The summed E-state index contributed by atoms with van der Waals surface area (Å²) in [6, 6.07) is 9.74. The molecule has 1 aromatic heterocycles. The van der Waals surface area contributed by atoms with E-state index in [-0.39, 0.29) is 17.9 Å². The van der Waals surface area contributed by atoms with Crippen molar-refractivity contribution in [2.24, 2.45) is 0 Å². The van der Waals surface area contributed by atoms with Crippen molar-refractivity contribution in [3.05, 3.63) is 46.7 Å². The van der Waals surface area contributed by atoms with Crippen molar-refractivity contribution >= 4 is 28.9 Å². The Morgan fingerprint density at radius 1 is 1.19 bits per heavy atom. The number of esters is 1. The molecule has 140 valence electrons. The predicted octanol–water partition coefficient (Wildman–Crippen LogP) is 4.24. The second-order valence-electron chi connectivity index (χ2n) is 5.43. The number of ether oxygens (including phenoxy) is 2. The highest BCUT2D eigenvalue weighted by Gasteiger charge is 2.19. The molecule has 8 heteroatoms. The van der Waals surface area contributed by atoms with Gasteiger partial charge < -0.3 is 14.8 Å². The summed E-state index contributed by atoms with van der Waals surface area (Å²) >= 11 is 1.62. The molecule has 2 rings (SSSR count). The first-order valence-corrected chi connectivity index (χ1v) is 8.90. The first kappa shape index (κ1) is 19.8. The molecule has 0 saturated carbocycles. The molecule has 0 spiro atoms. The summed E-state index contributed by atoms with van der Waals surface area (Å²) in [6.07, 6.45) is 0.536. The van der Waals surface area contributed by atoms with Gasteiger partial charge in [0.25, 0.3) is 5.91 Å². The zero-order valence-electron chi connectivity index (χ0n) is 14.1. The van der Waals surface area contributed by atoms with E-state index in [9.17, 15) is 18.4 Å². The Balaban J connectivity index is 1.80. The van der Waals surface area contributed by atoms with Crippen molar-refractivity contribution in [1.82, 2.24) is 0 Å². The first-order chi connectivity index (χ1) is 12.5. The number of amides is 1. The van der Waals surface area contributed by atoms with Gasteiger partial charge >= 0.3 is 12.6 Å². The zero-order valence-corrected chi connectivity index (χ0v) is 14.9. The zero-order chi connectivity index (χ0) is 18.9. The molecule has 0 aliphatic rings.